The molecule has 0 unspecified atom stereocenters. The van der Waals surface area contributed by atoms with Gasteiger partial charge in [0.1, 0.15) is 16.4 Å². The highest BCUT2D eigenvalue weighted by atomic mass is 32.2. The lowest BCUT2D eigenvalue weighted by atomic mass is 9.71. The summed E-state index contributed by atoms with van der Waals surface area (Å²) in [6.07, 6.45) is 1.62. The number of hydrogen-bond donors (Lipinski definition) is 2. The molecule has 2 aromatic carbocycles. The minimum atomic E-state index is -0.484. The highest BCUT2D eigenvalue weighted by Gasteiger charge is 2.39. The maximum atomic E-state index is 13.0. The van der Waals surface area contributed by atoms with E-state index in [1.807, 2.05) is 36.4 Å². The van der Waals surface area contributed by atoms with Gasteiger partial charge in [0.25, 0.3) is 0 Å². The van der Waals surface area contributed by atoms with Crippen LogP contribution in [0.4, 0.5) is 0 Å². The predicted molar refractivity (Wildman–Crippen MR) is 121 cm³/mol. The fraction of sp³-hybridized carbons (Fsp3) is 0.320. The van der Waals surface area contributed by atoms with Crippen LogP contribution in [0.5, 0.6) is 5.75 Å². The van der Waals surface area contributed by atoms with Gasteiger partial charge in [-0.15, -0.1) is 0 Å². The van der Waals surface area contributed by atoms with Crippen LogP contribution >= 0.6 is 11.8 Å². The van der Waals surface area contributed by atoms with Gasteiger partial charge in [-0.1, -0.05) is 74.1 Å². The largest absolute Gasteiger partial charge is 0.506 e. The van der Waals surface area contributed by atoms with Gasteiger partial charge >= 0.3 is 5.63 Å². The van der Waals surface area contributed by atoms with E-state index in [0.29, 0.717) is 11.7 Å². The van der Waals surface area contributed by atoms with Crippen molar-refractivity contribution in [2.75, 3.05) is 13.1 Å². The molecule has 156 valence electrons. The van der Waals surface area contributed by atoms with Crippen LogP contribution in [0.25, 0.3) is 0 Å². The molecule has 1 saturated heterocycles. The van der Waals surface area contributed by atoms with E-state index >= 15 is 0 Å². The second-order valence-corrected chi connectivity index (χ2v) is 9.16. The molecular formula is C25H27NO3S. The zero-order valence-electron chi connectivity index (χ0n) is 17.4. The van der Waals surface area contributed by atoms with Gasteiger partial charge in [0, 0.05) is 11.0 Å². The Bertz CT molecular complexity index is 1070. The summed E-state index contributed by atoms with van der Waals surface area (Å²) in [5, 5.41) is 14.2. The summed E-state index contributed by atoms with van der Waals surface area (Å²) in [5.74, 6) is 0.844. The summed E-state index contributed by atoms with van der Waals surface area (Å²) in [6, 6.07) is 19.8. The first kappa shape index (κ1) is 20.8. The van der Waals surface area contributed by atoms with Crippen molar-refractivity contribution in [1.29, 1.82) is 0 Å². The third-order valence-electron chi connectivity index (χ3n) is 5.90. The molecule has 2 heterocycles. The van der Waals surface area contributed by atoms with Gasteiger partial charge in [-0.05, 0) is 49.0 Å². The van der Waals surface area contributed by atoms with Gasteiger partial charge < -0.3 is 14.8 Å². The second-order valence-electron chi connectivity index (χ2n) is 8.11. The maximum Gasteiger partial charge on any atom is 0.353 e. The van der Waals surface area contributed by atoms with E-state index in [-0.39, 0.29) is 10.6 Å². The maximum absolute atomic E-state index is 13.0. The fourth-order valence-electron chi connectivity index (χ4n) is 4.25. The Morgan fingerprint density at radius 2 is 1.70 bits per heavy atom. The van der Waals surface area contributed by atoms with Gasteiger partial charge in [0.15, 0.2) is 0 Å². The third-order valence-corrected chi connectivity index (χ3v) is 7.07. The molecule has 0 atom stereocenters. The summed E-state index contributed by atoms with van der Waals surface area (Å²) in [4.78, 5) is 14.2. The second kappa shape index (κ2) is 8.70. The Labute approximate surface area is 181 Å². The van der Waals surface area contributed by atoms with Crippen LogP contribution in [0, 0.1) is 0 Å². The standard InChI is InChI=1S/C25H27NO3S/c1-17(2)19-10-6-7-11-21(19)30-23-20(27)16-22(29-24(23)28)25(12-14-26-15-13-25)18-8-4-3-5-9-18/h3-11,16-17,26-27H,12-15H2,1-2H3. The molecule has 1 aliphatic heterocycles. The highest BCUT2D eigenvalue weighted by molar-refractivity contribution is 7.99. The number of nitrogens with one attached hydrogen (secondary N) is 1. The van der Waals surface area contributed by atoms with E-state index in [2.05, 4.69) is 37.4 Å². The lowest BCUT2D eigenvalue weighted by molar-refractivity contribution is 0.280. The first-order chi connectivity index (χ1) is 14.5. The molecule has 0 spiro atoms. The SMILES string of the molecule is CC(C)c1ccccc1Sc1c(O)cc(C2(c3ccccc3)CCNCC2)oc1=O. The van der Waals surface area contributed by atoms with Crippen molar-refractivity contribution in [2.45, 2.75) is 47.8 Å². The molecule has 0 radical (unpaired) electrons. The van der Waals surface area contributed by atoms with Crippen molar-refractivity contribution in [1.82, 2.24) is 5.32 Å². The van der Waals surface area contributed by atoms with E-state index in [1.165, 1.54) is 11.8 Å². The van der Waals surface area contributed by atoms with Crippen LogP contribution in [0.2, 0.25) is 0 Å². The van der Waals surface area contributed by atoms with Gasteiger partial charge in [-0.2, -0.15) is 0 Å². The Hall–Kier alpha value is -2.50. The van der Waals surface area contributed by atoms with E-state index < -0.39 is 11.0 Å². The van der Waals surface area contributed by atoms with Crippen molar-refractivity contribution in [2.24, 2.45) is 0 Å². The molecule has 0 aliphatic carbocycles. The minimum Gasteiger partial charge on any atom is -0.506 e. The summed E-state index contributed by atoms with van der Waals surface area (Å²) in [7, 11) is 0. The van der Waals surface area contributed by atoms with E-state index in [1.54, 1.807) is 6.07 Å². The molecule has 0 amide bonds. The van der Waals surface area contributed by atoms with Crippen molar-refractivity contribution in [3.63, 3.8) is 0 Å². The van der Waals surface area contributed by atoms with Crippen molar-refractivity contribution < 1.29 is 9.52 Å². The Morgan fingerprint density at radius 3 is 2.37 bits per heavy atom. The molecule has 4 rings (SSSR count). The zero-order valence-corrected chi connectivity index (χ0v) is 18.2. The molecule has 4 nitrogen and oxygen atoms in total. The molecule has 0 saturated carbocycles. The zero-order chi connectivity index (χ0) is 21.1. The van der Waals surface area contributed by atoms with Gasteiger partial charge in [-0.25, -0.2) is 4.79 Å². The van der Waals surface area contributed by atoms with Gasteiger partial charge in [-0.3, -0.25) is 0 Å². The molecule has 30 heavy (non-hydrogen) atoms. The quantitative estimate of drug-likeness (QED) is 0.586. The van der Waals surface area contributed by atoms with Crippen molar-refractivity contribution >= 4 is 11.8 Å². The summed E-state index contributed by atoms with van der Waals surface area (Å²) >= 11 is 1.28. The van der Waals surface area contributed by atoms with Crippen LogP contribution in [0.1, 0.15) is 49.5 Å². The summed E-state index contributed by atoms with van der Waals surface area (Å²) in [5.41, 5.74) is 1.36. The predicted octanol–water partition coefficient (Wildman–Crippen LogP) is 5.29. The monoisotopic (exact) mass is 421 g/mol. The number of piperidine rings is 1. The minimum absolute atomic E-state index is 0.0151. The van der Waals surface area contributed by atoms with Crippen LogP contribution < -0.4 is 10.9 Å². The molecule has 1 fully saturated rings. The smallest absolute Gasteiger partial charge is 0.353 e. The molecule has 5 heteroatoms. The topological polar surface area (TPSA) is 62.5 Å². The molecule has 3 aromatic rings. The van der Waals surface area contributed by atoms with E-state index in [4.69, 9.17) is 4.42 Å². The number of hydrogen-bond acceptors (Lipinski definition) is 5. The average Bonchev–Trinajstić information content (AvgIpc) is 2.77. The average molecular weight is 422 g/mol. The Kier molecular flexibility index (Phi) is 6.02. The molecule has 0 bridgehead atoms. The van der Waals surface area contributed by atoms with E-state index in [9.17, 15) is 9.90 Å². The van der Waals surface area contributed by atoms with Crippen molar-refractivity contribution in [3.05, 3.63) is 88.0 Å². The molecular weight excluding hydrogens is 394 g/mol. The molecule has 2 N–H and O–H groups in total. The number of rotatable bonds is 5. The lowest BCUT2D eigenvalue weighted by Gasteiger charge is -2.37. The lowest BCUT2D eigenvalue weighted by Crippen LogP contribution is -2.41. The first-order valence-corrected chi connectivity index (χ1v) is 11.2. The molecule has 1 aromatic heterocycles. The first-order valence-electron chi connectivity index (χ1n) is 10.4. The Morgan fingerprint density at radius 1 is 1.03 bits per heavy atom. The van der Waals surface area contributed by atoms with Crippen LogP contribution in [0.3, 0.4) is 0 Å². The number of benzene rings is 2. The fourth-order valence-corrected chi connectivity index (χ4v) is 5.32. The highest BCUT2D eigenvalue weighted by Crippen LogP contribution is 2.43. The van der Waals surface area contributed by atoms with Gasteiger partial charge in [0.2, 0.25) is 0 Å². The van der Waals surface area contributed by atoms with Crippen molar-refractivity contribution in [3.8, 4) is 5.75 Å². The Balaban J connectivity index is 1.77. The van der Waals surface area contributed by atoms with Crippen LogP contribution in [-0.4, -0.2) is 18.2 Å². The summed E-state index contributed by atoms with van der Waals surface area (Å²) in [6.45, 7) is 5.90. The van der Waals surface area contributed by atoms with Crippen LogP contribution in [-0.2, 0) is 5.41 Å². The summed E-state index contributed by atoms with van der Waals surface area (Å²) < 4.78 is 5.89. The third kappa shape index (κ3) is 3.92. The van der Waals surface area contributed by atoms with E-state index in [0.717, 1.165) is 42.0 Å². The van der Waals surface area contributed by atoms with Crippen LogP contribution in [0.15, 0.2) is 79.7 Å². The van der Waals surface area contributed by atoms with Gasteiger partial charge in [0.05, 0.1) is 5.41 Å². The normalized spacial score (nSPS) is 16.0. The number of aromatic hydroxyl groups is 1. The molecule has 1 aliphatic rings.